The molecule has 0 bridgehead atoms. The normalized spacial score (nSPS) is 15.4. The summed E-state index contributed by atoms with van der Waals surface area (Å²) in [4.78, 5) is 15.8. The van der Waals surface area contributed by atoms with Gasteiger partial charge in [0.05, 0.1) is 13.2 Å². The van der Waals surface area contributed by atoms with Crippen molar-refractivity contribution in [3.8, 4) is 5.75 Å². The molecule has 2 aromatic carbocycles. The molecule has 1 aliphatic heterocycles. The first-order valence-corrected chi connectivity index (χ1v) is 11.4. The second-order valence-electron chi connectivity index (χ2n) is 7.81. The molecule has 1 atom stereocenters. The average Bonchev–Trinajstić information content (AvgIpc) is 3.25. The fourth-order valence-corrected chi connectivity index (χ4v) is 4.28. The van der Waals surface area contributed by atoms with Crippen LogP contribution in [-0.4, -0.2) is 51.6 Å². The SMILES string of the molecule is CNc1cc(C(=O)NCC2=CNC(c3ccc(OCCCN(C)C)cc3)S2)ccc1C. The molecule has 3 N–H and O–H groups in total. The molecule has 0 spiro atoms. The Morgan fingerprint density at radius 1 is 1.19 bits per heavy atom. The van der Waals surface area contributed by atoms with E-state index in [0.29, 0.717) is 12.1 Å². The van der Waals surface area contributed by atoms with Gasteiger partial charge in [0.2, 0.25) is 0 Å². The quantitative estimate of drug-likeness (QED) is 0.486. The van der Waals surface area contributed by atoms with Gasteiger partial charge in [0.25, 0.3) is 5.91 Å². The number of carbonyl (C=O) groups is 1. The molecule has 1 unspecified atom stereocenters. The number of thioether (sulfide) groups is 1. The van der Waals surface area contributed by atoms with Gasteiger partial charge in [-0.25, -0.2) is 0 Å². The van der Waals surface area contributed by atoms with Gasteiger partial charge in [0, 0.05) is 35.9 Å². The summed E-state index contributed by atoms with van der Waals surface area (Å²) in [5, 5.41) is 9.66. The highest BCUT2D eigenvalue weighted by molar-refractivity contribution is 8.03. The predicted octanol–water partition coefficient (Wildman–Crippen LogP) is 3.97. The minimum absolute atomic E-state index is 0.0720. The van der Waals surface area contributed by atoms with Crippen LogP contribution in [0.4, 0.5) is 5.69 Å². The summed E-state index contributed by atoms with van der Waals surface area (Å²) in [6, 6.07) is 13.9. The van der Waals surface area contributed by atoms with Gasteiger partial charge in [-0.15, -0.1) is 0 Å². The third-order valence-electron chi connectivity index (χ3n) is 5.06. The molecular formula is C24H32N4O2S. The van der Waals surface area contributed by atoms with Crippen LogP contribution in [0, 0.1) is 6.92 Å². The fraction of sp³-hybridized carbons (Fsp3) is 0.375. The second-order valence-corrected chi connectivity index (χ2v) is 9.04. The van der Waals surface area contributed by atoms with Crippen molar-refractivity contribution in [2.45, 2.75) is 18.7 Å². The summed E-state index contributed by atoms with van der Waals surface area (Å²) in [5.41, 5.74) is 3.92. The first-order chi connectivity index (χ1) is 15.0. The van der Waals surface area contributed by atoms with Crippen LogP contribution in [0.1, 0.15) is 33.3 Å². The van der Waals surface area contributed by atoms with Crippen molar-refractivity contribution >= 4 is 23.4 Å². The molecular weight excluding hydrogens is 408 g/mol. The number of rotatable bonds is 10. The third-order valence-corrected chi connectivity index (χ3v) is 6.27. The van der Waals surface area contributed by atoms with Crippen molar-refractivity contribution in [2.24, 2.45) is 0 Å². The number of hydrogen-bond acceptors (Lipinski definition) is 6. The number of nitrogens with one attached hydrogen (secondary N) is 3. The number of hydrogen-bond donors (Lipinski definition) is 3. The molecule has 1 aliphatic rings. The number of ether oxygens (including phenoxy) is 1. The van der Waals surface area contributed by atoms with Gasteiger partial charge in [0.15, 0.2) is 0 Å². The van der Waals surface area contributed by atoms with Crippen molar-refractivity contribution in [1.29, 1.82) is 0 Å². The maximum atomic E-state index is 12.5. The first kappa shape index (κ1) is 23.0. The van der Waals surface area contributed by atoms with E-state index < -0.39 is 0 Å². The molecule has 166 valence electrons. The number of aryl methyl sites for hydroxylation is 1. The maximum Gasteiger partial charge on any atom is 0.251 e. The first-order valence-electron chi connectivity index (χ1n) is 10.5. The van der Waals surface area contributed by atoms with Crippen LogP contribution >= 0.6 is 11.8 Å². The van der Waals surface area contributed by atoms with E-state index in [9.17, 15) is 4.79 Å². The van der Waals surface area contributed by atoms with Gasteiger partial charge in [0.1, 0.15) is 11.1 Å². The molecule has 0 saturated carbocycles. The highest BCUT2D eigenvalue weighted by atomic mass is 32.2. The highest BCUT2D eigenvalue weighted by Crippen LogP contribution is 2.37. The molecule has 2 aromatic rings. The van der Waals surface area contributed by atoms with Crippen LogP contribution in [-0.2, 0) is 0 Å². The van der Waals surface area contributed by atoms with Crippen LogP contribution in [0.3, 0.4) is 0 Å². The number of nitrogens with zero attached hydrogens (tertiary/aromatic N) is 1. The van der Waals surface area contributed by atoms with E-state index in [1.165, 1.54) is 5.56 Å². The molecule has 0 saturated heterocycles. The van der Waals surface area contributed by atoms with E-state index in [2.05, 4.69) is 47.1 Å². The molecule has 0 aliphatic carbocycles. The van der Waals surface area contributed by atoms with Crippen LogP contribution in [0.25, 0.3) is 0 Å². The third kappa shape index (κ3) is 6.67. The zero-order valence-electron chi connectivity index (χ0n) is 18.7. The smallest absolute Gasteiger partial charge is 0.251 e. The standard InChI is InChI=1S/C24H32N4O2S/c1-17-6-7-19(14-22(17)25-2)23(29)26-15-21-16-27-24(31-21)18-8-10-20(11-9-18)30-13-5-12-28(3)4/h6-11,14,16,24-25,27H,5,12-13,15H2,1-4H3,(H,26,29). The van der Waals surface area contributed by atoms with Crippen molar-refractivity contribution in [2.75, 3.05) is 46.2 Å². The van der Waals surface area contributed by atoms with E-state index in [4.69, 9.17) is 4.74 Å². The molecule has 6 nitrogen and oxygen atoms in total. The van der Waals surface area contributed by atoms with Gasteiger partial charge in [-0.3, -0.25) is 4.79 Å². The molecule has 3 rings (SSSR count). The Kier molecular flexibility index (Phi) is 8.26. The zero-order chi connectivity index (χ0) is 22.2. The molecule has 7 heteroatoms. The Morgan fingerprint density at radius 3 is 2.68 bits per heavy atom. The van der Waals surface area contributed by atoms with Crippen LogP contribution in [0.15, 0.2) is 53.6 Å². The van der Waals surface area contributed by atoms with Gasteiger partial charge < -0.3 is 25.6 Å². The van der Waals surface area contributed by atoms with E-state index in [1.807, 2.05) is 50.5 Å². The molecule has 31 heavy (non-hydrogen) atoms. The fourth-order valence-electron chi connectivity index (χ4n) is 3.26. The number of benzene rings is 2. The summed E-state index contributed by atoms with van der Waals surface area (Å²) in [5.74, 6) is 0.821. The van der Waals surface area contributed by atoms with Gasteiger partial charge in [-0.2, -0.15) is 0 Å². The Hall–Kier alpha value is -2.64. The lowest BCUT2D eigenvalue weighted by Crippen LogP contribution is -2.25. The van der Waals surface area contributed by atoms with E-state index in [1.54, 1.807) is 11.8 Å². The molecule has 0 radical (unpaired) electrons. The Morgan fingerprint density at radius 2 is 1.97 bits per heavy atom. The zero-order valence-corrected chi connectivity index (χ0v) is 19.5. The molecule has 0 fully saturated rings. The van der Waals surface area contributed by atoms with Crippen LogP contribution in [0.5, 0.6) is 5.75 Å². The minimum Gasteiger partial charge on any atom is -0.494 e. The molecule has 1 heterocycles. The largest absolute Gasteiger partial charge is 0.494 e. The summed E-state index contributed by atoms with van der Waals surface area (Å²) in [6.45, 7) is 4.26. The van der Waals surface area contributed by atoms with E-state index >= 15 is 0 Å². The van der Waals surface area contributed by atoms with E-state index in [-0.39, 0.29) is 11.3 Å². The van der Waals surface area contributed by atoms with Gasteiger partial charge in [-0.05, 0) is 62.8 Å². The predicted molar refractivity (Wildman–Crippen MR) is 130 cm³/mol. The van der Waals surface area contributed by atoms with Crippen molar-refractivity contribution in [1.82, 2.24) is 15.5 Å². The topological polar surface area (TPSA) is 65.6 Å². The monoisotopic (exact) mass is 440 g/mol. The summed E-state index contributed by atoms with van der Waals surface area (Å²) in [7, 11) is 5.99. The number of amides is 1. The van der Waals surface area contributed by atoms with Crippen LogP contribution in [0.2, 0.25) is 0 Å². The average molecular weight is 441 g/mol. The lowest BCUT2D eigenvalue weighted by molar-refractivity contribution is 0.0957. The summed E-state index contributed by atoms with van der Waals surface area (Å²) < 4.78 is 5.81. The summed E-state index contributed by atoms with van der Waals surface area (Å²) >= 11 is 1.72. The molecule has 0 aromatic heterocycles. The highest BCUT2D eigenvalue weighted by Gasteiger charge is 2.20. The summed E-state index contributed by atoms with van der Waals surface area (Å²) in [6.07, 6.45) is 2.99. The van der Waals surface area contributed by atoms with E-state index in [0.717, 1.165) is 41.5 Å². The van der Waals surface area contributed by atoms with Crippen molar-refractivity contribution < 1.29 is 9.53 Å². The Balaban J connectivity index is 1.45. The van der Waals surface area contributed by atoms with Crippen molar-refractivity contribution in [3.05, 3.63) is 70.3 Å². The minimum atomic E-state index is -0.0720. The van der Waals surface area contributed by atoms with Crippen molar-refractivity contribution in [3.63, 3.8) is 0 Å². The van der Waals surface area contributed by atoms with Crippen LogP contribution < -0.4 is 20.7 Å². The second kappa shape index (κ2) is 11.1. The lowest BCUT2D eigenvalue weighted by Gasteiger charge is -2.13. The number of anilines is 1. The number of carbonyl (C=O) groups excluding carboxylic acids is 1. The maximum absolute atomic E-state index is 12.5. The Bertz CT molecular complexity index is 912. The lowest BCUT2D eigenvalue weighted by atomic mass is 10.1. The van der Waals surface area contributed by atoms with Gasteiger partial charge >= 0.3 is 0 Å². The van der Waals surface area contributed by atoms with Gasteiger partial charge in [-0.1, -0.05) is 30.0 Å². The molecule has 1 amide bonds. The Labute approximate surface area is 189 Å².